The van der Waals surface area contributed by atoms with Gasteiger partial charge in [-0.1, -0.05) is 29.3 Å². The number of carbonyl (C=O) groups excluding carboxylic acids is 1. The number of sulfonamides is 1. The van der Waals surface area contributed by atoms with Gasteiger partial charge in [0, 0.05) is 26.2 Å². The fraction of sp³-hybridized carbons (Fsp3) is 0.316. The summed E-state index contributed by atoms with van der Waals surface area (Å²) in [7, 11) is -3.74. The summed E-state index contributed by atoms with van der Waals surface area (Å²) in [5.41, 5.74) is 0. The molecule has 1 aliphatic heterocycles. The van der Waals surface area contributed by atoms with Crippen LogP contribution in [0.2, 0.25) is 10.0 Å². The van der Waals surface area contributed by atoms with Gasteiger partial charge < -0.3 is 9.64 Å². The highest BCUT2D eigenvalue weighted by Gasteiger charge is 2.32. The number of carbonyl (C=O) groups is 1. The molecule has 1 saturated heterocycles. The van der Waals surface area contributed by atoms with E-state index in [1.165, 1.54) is 16.4 Å². The Morgan fingerprint density at radius 3 is 2.31 bits per heavy atom. The van der Waals surface area contributed by atoms with Crippen molar-refractivity contribution in [2.24, 2.45) is 0 Å². The Bertz CT molecular complexity index is 994. The Morgan fingerprint density at radius 2 is 1.69 bits per heavy atom. The average molecular weight is 461 g/mol. The highest BCUT2D eigenvalue weighted by molar-refractivity contribution is 7.89. The second kappa shape index (κ2) is 8.87. The Hall–Kier alpha value is -1.87. The third-order valence-electron chi connectivity index (χ3n) is 4.57. The molecule has 1 atom stereocenters. The Kier molecular flexibility index (Phi) is 6.68. The molecule has 0 aliphatic carbocycles. The summed E-state index contributed by atoms with van der Waals surface area (Å²) in [5, 5.41) is 0.549. The number of rotatable bonds is 5. The Balaban J connectivity index is 1.61. The molecule has 1 amide bonds. The predicted molar refractivity (Wildman–Crippen MR) is 108 cm³/mol. The number of benzene rings is 2. The summed E-state index contributed by atoms with van der Waals surface area (Å²) in [6.45, 7) is 2.31. The van der Waals surface area contributed by atoms with Gasteiger partial charge in [-0.3, -0.25) is 4.79 Å². The lowest BCUT2D eigenvalue weighted by Gasteiger charge is -2.35. The molecule has 29 heavy (non-hydrogen) atoms. The van der Waals surface area contributed by atoms with Crippen LogP contribution in [0, 0.1) is 5.82 Å². The van der Waals surface area contributed by atoms with Crippen molar-refractivity contribution in [1.29, 1.82) is 0 Å². The minimum atomic E-state index is -3.74. The fourth-order valence-electron chi connectivity index (χ4n) is 2.98. The van der Waals surface area contributed by atoms with Crippen molar-refractivity contribution < 1.29 is 22.3 Å². The first kappa shape index (κ1) is 21.8. The van der Waals surface area contributed by atoms with Crippen LogP contribution in [0.5, 0.6) is 5.75 Å². The minimum absolute atomic E-state index is 0.0194. The highest BCUT2D eigenvalue weighted by atomic mass is 35.5. The number of halogens is 3. The summed E-state index contributed by atoms with van der Waals surface area (Å²) in [5.74, 6) is -0.481. The predicted octanol–water partition coefficient (Wildman–Crippen LogP) is 3.43. The summed E-state index contributed by atoms with van der Waals surface area (Å²) in [6, 6.07) is 9.56. The summed E-state index contributed by atoms with van der Waals surface area (Å²) in [4.78, 5) is 14.2. The summed E-state index contributed by atoms with van der Waals surface area (Å²) < 4.78 is 45.3. The van der Waals surface area contributed by atoms with E-state index in [0.29, 0.717) is 10.8 Å². The van der Waals surface area contributed by atoms with Crippen LogP contribution in [0.1, 0.15) is 6.92 Å². The molecule has 1 aliphatic rings. The second-order valence-electron chi connectivity index (χ2n) is 6.50. The number of amides is 1. The SMILES string of the molecule is CC(Oc1cccc(Cl)c1Cl)C(=O)N1CCN(S(=O)(=O)c2ccc(F)cc2)CC1. The smallest absolute Gasteiger partial charge is 0.263 e. The van der Waals surface area contributed by atoms with E-state index in [9.17, 15) is 17.6 Å². The van der Waals surface area contributed by atoms with E-state index < -0.39 is 21.9 Å². The molecule has 2 aromatic carbocycles. The van der Waals surface area contributed by atoms with E-state index in [0.717, 1.165) is 12.1 Å². The number of ether oxygens (including phenoxy) is 1. The van der Waals surface area contributed by atoms with Crippen molar-refractivity contribution >= 4 is 39.1 Å². The molecule has 0 aromatic heterocycles. The van der Waals surface area contributed by atoms with Crippen LogP contribution >= 0.6 is 23.2 Å². The first-order chi connectivity index (χ1) is 13.7. The van der Waals surface area contributed by atoms with Gasteiger partial charge in [0.2, 0.25) is 10.0 Å². The molecule has 2 aromatic rings. The molecule has 0 N–H and O–H groups in total. The minimum Gasteiger partial charge on any atom is -0.479 e. The Labute approximate surface area is 178 Å². The van der Waals surface area contributed by atoms with Gasteiger partial charge in [-0.2, -0.15) is 4.31 Å². The molecule has 1 unspecified atom stereocenters. The van der Waals surface area contributed by atoms with Gasteiger partial charge in [0.1, 0.15) is 16.6 Å². The van der Waals surface area contributed by atoms with Crippen LogP contribution in [0.4, 0.5) is 4.39 Å². The van der Waals surface area contributed by atoms with Crippen molar-refractivity contribution in [1.82, 2.24) is 9.21 Å². The average Bonchev–Trinajstić information content (AvgIpc) is 2.71. The standard InChI is InChI=1S/C19H19Cl2FN2O4S/c1-13(28-17-4-2-3-16(20)18(17)21)19(25)23-9-11-24(12-10-23)29(26,27)15-7-5-14(22)6-8-15/h2-8,13H,9-12H2,1H3. The van der Waals surface area contributed by atoms with Crippen molar-refractivity contribution in [2.45, 2.75) is 17.9 Å². The second-order valence-corrected chi connectivity index (χ2v) is 9.22. The van der Waals surface area contributed by atoms with Crippen LogP contribution in [0.15, 0.2) is 47.4 Å². The van der Waals surface area contributed by atoms with E-state index in [2.05, 4.69) is 0 Å². The van der Waals surface area contributed by atoms with Crippen LogP contribution < -0.4 is 4.74 Å². The Morgan fingerprint density at radius 1 is 1.07 bits per heavy atom. The number of hydrogen-bond acceptors (Lipinski definition) is 4. The van der Waals surface area contributed by atoms with Crippen LogP contribution in [-0.4, -0.2) is 55.8 Å². The normalized spacial score (nSPS) is 16.5. The van der Waals surface area contributed by atoms with Gasteiger partial charge in [-0.25, -0.2) is 12.8 Å². The van der Waals surface area contributed by atoms with Crippen molar-refractivity contribution in [2.75, 3.05) is 26.2 Å². The first-order valence-corrected chi connectivity index (χ1v) is 11.0. The molecule has 0 saturated carbocycles. The van der Waals surface area contributed by atoms with Gasteiger partial charge in [0.25, 0.3) is 5.91 Å². The molecule has 1 fully saturated rings. The van der Waals surface area contributed by atoms with Gasteiger partial charge in [-0.05, 0) is 43.3 Å². The fourth-order valence-corrected chi connectivity index (χ4v) is 4.74. The molecule has 0 bridgehead atoms. The van der Waals surface area contributed by atoms with Crippen molar-refractivity contribution in [3.63, 3.8) is 0 Å². The molecule has 156 valence electrons. The lowest BCUT2D eigenvalue weighted by molar-refractivity contribution is -0.139. The molecule has 0 spiro atoms. The molecular weight excluding hydrogens is 442 g/mol. The van der Waals surface area contributed by atoms with Gasteiger partial charge in [0.15, 0.2) is 6.10 Å². The van der Waals surface area contributed by atoms with Gasteiger partial charge in [-0.15, -0.1) is 0 Å². The maximum atomic E-state index is 13.1. The van der Waals surface area contributed by atoms with Gasteiger partial charge >= 0.3 is 0 Å². The molecule has 0 radical (unpaired) electrons. The largest absolute Gasteiger partial charge is 0.479 e. The lowest BCUT2D eigenvalue weighted by Crippen LogP contribution is -2.53. The molecular formula is C19H19Cl2FN2O4S. The number of hydrogen-bond donors (Lipinski definition) is 0. The lowest BCUT2D eigenvalue weighted by atomic mass is 10.2. The van der Waals surface area contributed by atoms with Crippen molar-refractivity contribution in [3.8, 4) is 5.75 Å². The first-order valence-electron chi connectivity index (χ1n) is 8.85. The zero-order chi connectivity index (χ0) is 21.2. The van der Waals surface area contributed by atoms with Crippen LogP contribution in [-0.2, 0) is 14.8 Å². The zero-order valence-corrected chi connectivity index (χ0v) is 17.8. The summed E-state index contributed by atoms with van der Waals surface area (Å²) >= 11 is 12.0. The van der Waals surface area contributed by atoms with Crippen LogP contribution in [0.3, 0.4) is 0 Å². The third kappa shape index (κ3) is 4.83. The third-order valence-corrected chi connectivity index (χ3v) is 7.28. The van der Waals surface area contributed by atoms with E-state index >= 15 is 0 Å². The van der Waals surface area contributed by atoms with E-state index in [-0.39, 0.29) is 42.0 Å². The monoisotopic (exact) mass is 460 g/mol. The zero-order valence-electron chi connectivity index (χ0n) is 15.5. The maximum Gasteiger partial charge on any atom is 0.263 e. The van der Waals surface area contributed by atoms with E-state index in [1.807, 2.05) is 0 Å². The van der Waals surface area contributed by atoms with E-state index in [1.54, 1.807) is 30.0 Å². The highest BCUT2D eigenvalue weighted by Crippen LogP contribution is 2.32. The molecule has 6 nitrogen and oxygen atoms in total. The number of piperazine rings is 1. The quantitative estimate of drug-likeness (QED) is 0.685. The van der Waals surface area contributed by atoms with Crippen LogP contribution in [0.25, 0.3) is 0 Å². The molecule has 1 heterocycles. The van der Waals surface area contributed by atoms with Gasteiger partial charge in [0.05, 0.1) is 9.92 Å². The summed E-state index contributed by atoms with van der Waals surface area (Å²) in [6.07, 6.45) is -0.814. The molecule has 3 rings (SSSR count). The topological polar surface area (TPSA) is 66.9 Å². The maximum absolute atomic E-state index is 13.1. The van der Waals surface area contributed by atoms with Crippen molar-refractivity contribution in [3.05, 3.63) is 58.3 Å². The molecule has 10 heteroatoms. The number of nitrogens with zero attached hydrogens (tertiary/aromatic N) is 2. The van der Waals surface area contributed by atoms with E-state index in [4.69, 9.17) is 27.9 Å².